The van der Waals surface area contributed by atoms with Crippen molar-refractivity contribution < 1.29 is 76.9 Å². The molecule has 4 heterocycles. The zero-order chi connectivity index (χ0) is 58.5. The number of benzene rings is 1. The van der Waals surface area contributed by atoms with E-state index in [1.54, 1.807) is 46.8 Å². The number of H-pyrrole nitrogens is 1. The van der Waals surface area contributed by atoms with Gasteiger partial charge in [-0.3, -0.25) is 47.4 Å². The summed E-state index contributed by atoms with van der Waals surface area (Å²) in [6.07, 6.45) is -4.04. The minimum atomic E-state index is -2.41. The van der Waals surface area contributed by atoms with Gasteiger partial charge in [-0.05, 0) is 63.0 Å². The van der Waals surface area contributed by atoms with Crippen LogP contribution in [-0.4, -0.2) is 188 Å². The molecule has 0 radical (unpaired) electrons. The lowest BCUT2D eigenvalue weighted by Crippen LogP contribution is -2.62. The van der Waals surface area contributed by atoms with E-state index in [0.717, 1.165) is 4.90 Å². The molecule has 1 fully saturated rings. The third-order valence-electron chi connectivity index (χ3n) is 14.0. The van der Waals surface area contributed by atoms with Crippen molar-refractivity contribution in [3.05, 3.63) is 23.3 Å². The lowest BCUT2D eigenvalue weighted by atomic mass is 9.86. The number of fused-ring (bicyclic) bond motifs is 5. The number of aliphatic hydroxyl groups is 3. The molecule has 1 saturated heterocycles. The molecule has 3 aliphatic heterocycles. The van der Waals surface area contributed by atoms with Crippen LogP contribution in [0.25, 0.3) is 10.9 Å². The number of alkyl carbamates (subject to hydrolysis) is 1. The summed E-state index contributed by atoms with van der Waals surface area (Å²) in [5, 5.41) is 49.9. The normalized spacial score (nSPS) is 25.5. The molecule has 9 amide bonds. The van der Waals surface area contributed by atoms with Gasteiger partial charge in [-0.25, -0.2) is 4.79 Å². The number of carbonyl (C=O) groups is 10. The van der Waals surface area contributed by atoms with Gasteiger partial charge in [0, 0.05) is 60.9 Å². The first-order valence-corrected chi connectivity index (χ1v) is 28.7. The van der Waals surface area contributed by atoms with Gasteiger partial charge >= 0.3 is 6.09 Å². The number of Topliss-reactive ketones (excluding diaryl/α,β-unsaturated/α-hetero) is 1. The highest BCUT2D eigenvalue weighted by Crippen LogP contribution is 2.36. The first-order chi connectivity index (χ1) is 37.3. The molecule has 3 aliphatic rings. The highest BCUT2D eigenvalue weighted by molar-refractivity contribution is 7.98. The Labute approximate surface area is 464 Å². The summed E-state index contributed by atoms with van der Waals surface area (Å²) in [7, 11) is -0.972. The highest BCUT2D eigenvalue weighted by atomic mass is 32.2. The molecule has 1 aromatic heterocycles. The molecule has 1 aromatic carbocycles. The number of hydrogen-bond acceptors (Lipinski definition) is 17. The van der Waals surface area contributed by atoms with Crippen LogP contribution < -0.4 is 47.7 Å². The Morgan fingerprint density at radius 1 is 0.924 bits per heavy atom. The van der Waals surface area contributed by atoms with E-state index in [1.807, 2.05) is 0 Å². The maximum absolute atomic E-state index is 15.2. The molecule has 0 aliphatic carbocycles. The Balaban J connectivity index is 1.71. The molecule has 11 atom stereocenters. The second-order valence-corrected chi connectivity index (χ2v) is 23.6. The van der Waals surface area contributed by atoms with Gasteiger partial charge in [0.15, 0.2) is 5.78 Å². The number of unbranched alkanes of at least 4 members (excludes halogenated alkanes) is 1. The van der Waals surface area contributed by atoms with Crippen LogP contribution in [-0.2, 0) is 70.9 Å². The minimum Gasteiger partial charge on any atom is -0.496 e. The number of aromatic nitrogens is 1. The third kappa shape index (κ3) is 17.3. The summed E-state index contributed by atoms with van der Waals surface area (Å²) in [6.45, 7) is 7.64. The fraction of sp³-hybridized carbons (Fsp3) is 0.647. The third-order valence-corrected chi connectivity index (χ3v) is 16.5. The first-order valence-electron chi connectivity index (χ1n) is 26.2. The SMILES string of the molecule is CC[C@H](C)[C@H]1CC(=O)CNC(=O)[C@@H]2Cc3c([nH]c4c(CSCCCCNC(=O)OC(C)(C)C)c(OC)ccc34)S(=O)C[C@H](NC(=O)CNC1=O)C(=O)N[C@@H](CC(N)=O)C(=O)N1C[C@H](O)C[C@@H]1C(=O)N[C@@H]([C@@H](C)[C@@H](O)CO)C(=O)N2. The van der Waals surface area contributed by atoms with E-state index in [2.05, 4.69) is 42.2 Å². The summed E-state index contributed by atoms with van der Waals surface area (Å²) in [6, 6.07) is -5.50. The number of nitrogens with two attached hydrogens (primary N) is 1. The molecule has 0 spiro atoms. The van der Waals surface area contributed by atoms with E-state index in [0.29, 0.717) is 53.8 Å². The number of hydrogen-bond donors (Lipinski definition) is 12. The predicted octanol–water partition coefficient (Wildman–Crippen LogP) is -1.99. The molecule has 79 heavy (non-hydrogen) atoms. The van der Waals surface area contributed by atoms with Gasteiger partial charge in [0.25, 0.3) is 0 Å². The topological polar surface area (TPSA) is 396 Å². The summed E-state index contributed by atoms with van der Waals surface area (Å²) >= 11 is 1.50. The highest BCUT2D eigenvalue weighted by Gasteiger charge is 2.45. The quantitative estimate of drug-likeness (QED) is 0.0859. The van der Waals surface area contributed by atoms with Crippen molar-refractivity contribution in [2.45, 2.75) is 145 Å². The number of amides is 9. The number of rotatable bonds is 15. The van der Waals surface area contributed by atoms with Crippen molar-refractivity contribution in [2.75, 3.05) is 51.4 Å². The fourth-order valence-electron chi connectivity index (χ4n) is 9.43. The smallest absolute Gasteiger partial charge is 0.407 e. The monoisotopic (exact) mass is 1150 g/mol. The zero-order valence-corrected chi connectivity index (χ0v) is 47.2. The molecule has 5 rings (SSSR count). The van der Waals surface area contributed by atoms with E-state index >= 15 is 4.21 Å². The molecule has 26 nitrogen and oxygen atoms in total. The van der Waals surface area contributed by atoms with Gasteiger partial charge in [-0.2, -0.15) is 11.8 Å². The second kappa shape index (κ2) is 28.7. The van der Waals surface area contributed by atoms with Crippen molar-refractivity contribution in [3.8, 4) is 5.75 Å². The second-order valence-electron chi connectivity index (χ2n) is 21.1. The largest absolute Gasteiger partial charge is 0.496 e. The van der Waals surface area contributed by atoms with Crippen molar-refractivity contribution in [3.63, 3.8) is 0 Å². The first kappa shape index (κ1) is 63.5. The van der Waals surface area contributed by atoms with Gasteiger partial charge in [0.2, 0.25) is 47.3 Å². The molecule has 2 aromatic rings. The van der Waals surface area contributed by atoms with Crippen LogP contribution in [0.1, 0.15) is 91.2 Å². The lowest BCUT2D eigenvalue weighted by molar-refractivity contribution is -0.144. The Hall–Kier alpha value is -6.36. The Morgan fingerprint density at radius 2 is 1.63 bits per heavy atom. The number of thioether (sulfide) groups is 1. The Bertz CT molecular complexity index is 2630. The molecular weight excluding hydrogens is 1070 g/mol. The fourth-order valence-corrected chi connectivity index (χ4v) is 11.9. The van der Waals surface area contributed by atoms with E-state index in [4.69, 9.17) is 15.2 Å². The zero-order valence-electron chi connectivity index (χ0n) is 45.5. The molecule has 28 heteroatoms. The number of aromatic amines is 1. The molecular formula is C51H76N10O16S2. The summed E-state index contributed by atoms with van der Waals surface area (Å²) < 4.78 is 26.3. The molecule has 1 unspecified atom stereocenters. The number of carbonyl (C=O) groups excluding carboxylic acids is 10. The van der Waals surface area contributed by atoms with Crippen LogP contribution >= 0.6 is 11.8 Å². The average Bonchev–Trinajstić information content (AvgIpc) is 4.06. The summed E-state index contributed by atoms with van der Waals surface area (Å²) in [5.74, 6) is -11.0. The predicted molar refractivity (Wildman–Crippen MR) is 288 cm³/mol. The van der Waals surface area contributed by atoms with Gasteiger partial charge in [-0.1, -0.05) is 27.2 Å². The maximum atomic E-state index is 15.2. The van der Waals surface area contributed by atoms with E-state index < -0.39 is 193 Å². The van der Waals surface area contributed by atoms with Gasteiger partial charge in [0.1, 0.15) is 46.6 Å². The number of methoxy groups -OCH3 is 1. The molecule has 438 valence electrons. The van der Waals surface area contributed by atoms with Crippen molar-refractivity contribution in [1.29, 1.82) is 0 Å². The molecule has 13 N–H and O–H groups in total. The number of nitrogens with zero attached hydrogens (tertiary/aromatic N) is 1. The van der Waals surface area contributed by atoms with Crippen LogP contribution in [0, 0.1) is 17.8 Å². The van der Waals surface area contributed by atoms with Crippen molar-refractivity contribution >= 4 is 92.6 Å². The number of ether oxygens (including phenoxy) is 2. The summed E-state index contributed by atoms with van der Waals surface area (Å²) in [4.78, 5) is 143. The van der Waals surface area contributed by atoms with Crippen LogP contribution in [0.2, 0.25) is 0 Å². The minimum absolute atomic E-state index is 0.114. The maximum Gasteiger partial charge on any atom is 0.407 e. The van der Waals surface area contributed by atoms with Gasteiger partial charge in [-0.15, -0.1) is 0 Å². The van der Waals surface area contributed by atoms with Crippen LogP contribution in [0.5, 0.6) is 5.75 Å². The van der Waals surface area contributed by atoms with Crippen LogP contribution in [0.3, 0.4) is 0 Å². The van der Waals surface area contributed by atoms with Crippen LogP contribution in [0.15, 0.2) is 17.2 Å². The Kier molecular flexibility index (Phi) is 23.0. The molecule has 0 saturated carbocycles. The number of primary amides is 1. The van der Waals surface area contributed by atoms with Crippen molar-refractivity contribution in [1.82, 2.24) is 47.1 Å². The van der Waals surface area contributed by atoms with E-state index in [9.17, 15) is 63.3 Å². The van der Waals surface area contributed by atoms with Crippen molar-refractivity contribution in [2.24, 2.45) is 23.5 Å². The molecule has 2 bridgehead atoms. The average molecular weight is 1150 g/mol. The van der Waals surface area contributed by atoms with Gasteiger partial charge in [0.05, 0.1) is 67.5 Å². The Morgan fingerprint density at radius 3 is 2.29 bits per heavy atom. The number of nitrogens with one attached hydrogen (secondary N) is 8. The van der Waals surface area contributed by atoms with Gasteiger partial charge < -0.3 is 77.6 Å². The standard InChI is InChI=1S/C51H76N10O16S2/c1-8-25(2)30-15-27(63)19-54-44(69)33-17-31-29-11-12-38(76-7)32(23-78-14-10-9-13-53-50(74)77-51(4,5)6)42(29)60-48(31)79(75)24-35(56-40(67)20-55-43(30)68)45(70)58-34(18-39(52)66)49(73)61-21-28(64)16-36(61)46(71)59-41(47(72)57-33)26(3)37(65)22-62/h11-12,25-26,28,30,33-37,41,60,62,64-65H,8-10,13-24H2,1-7H3,(H2,52,66)(H,53,74)(H,54,69)(H,55,68)(H,56,67)(H,57,72)(H,58,70)(H,59,71)/t25-,26-,28+,30+,33-,34-,35-,36+,37-,41-,79?/m0/s1. The number of aliphatic hydroxyl groups excluding tert-OH is 3. The van der Waals surface area contributed by atoms with E-state index in [-0.39, 0.29) is 16.3 Å². The summed E-state index contributed by atoms with van der Waals surface area (Å²) in [5.41, 5.74) is 5.98. The number of ketones is 1. The van der Waals surface area contributed by atoms with Crippen LogP contribution in [0.4, 0.5) is 4.79 Å². The van der Waals surface area contributed by atoms with E-state index in [1.165, 1.54) is 25.8 Å². The lowest BCUT2D eigenvalue weighted by Gasteiger charge is -2.32.